The molecule has 2 amide bonds. The number of carbonyl (C=O) groups excluding carboxylic acids is 1. The van der Waals surface area contributed by atoms with Gasteiger partial charge in [-0.3, -0.25) is 0 Å². The van der Waals surface area contributed by atoms with Gasteiger partial charge < -0.3 is 15.1 Å². The van der Waals surface area contributed by atoms with E-state index in [4.69, 9.17) is 0 Å². The fourth-order valence-corrected chi connectivity index (χ4v) is 4.14. The highest BCUT2D eigenvalue weighted by Crippen LogP contribution is 2.20. The van der Waals surface area contributed by atoms with Crippen molar-refractivity contribution in [2.24, 2.45) is 5.92 Å². The van der Waals surface area contributed by atoms with E-state index in [9.17, 15) is 4.79 Å². The molecule has 1 aromatic carbocycles. The molecule has 1 fully saturated rings. The van der Waals surface area contributed by atoms with Crippen LogP contribution in [0.1, 0.15) is 22.6 Å². The van der Waals surface area contributed by atoms with E-state index in [1.165, 1.54) is 4.88 Å². The Kier molecular flexibility index (Phi) is 6.04. The molecule has 0 unspecified atom stereocenters. The highest BCUT2D eigenvalue weighted by Gasteiger charge is 2.27. The van der Waals surface area contributed by atoms with Crippen LogP contribution in [0.4, 0.5) is 4.79 Å². The molecule has 2 aromatic rings. The SMILES string of the molecule is Cc1ncsc1CN(C)C[C@@H]1CCN(C(=O)NCc2ccccc2)C1. The predicted octanol–water partition coefficient (Wildman–Crippen LogP) is 3.12. The van der Waals surface area contributed by atoms with Crippen LogP contribution in [0.5, 0.6) is 0 Å². The van der Waals surface area contributed by atoms with E-state index in [0.29, 0.717) is 12.5 Å². The maximum atomic E-state index is 12.3. The van der Waals surface area contributed by atoms with E-state index in [1.54, 1.807) is 11.3 Å². The first kappa shape index (κ1) is 17.9. The first-order valence-corrected chi connectivity index (χ1v) is 9.64. The summed E-state index contributed by atoms with van der Waals surface area (Å²) < 4.78 is 0. The molecule has 1 aromatic heterocycles. The van der Waals surface area contributed by atoms with Gasteiger partial charge in [-0.25, -0.2) is 9.78 Å². The van der Waals surface area contributed by atoms with Crippen LogP contribution in [0, 0.1) is 12.8 Å². The predicted molar refractivity (Wildman–Crippen MR) is 102 cm³/mol. The number of amides is 2. The largest absolute Gasteiger partial charge is 0.334 e. The van der Waals surface area contributed by atoms with Crippen molar-refractivity contribution < 1.29 is 4.79 Å². The zero-order chi connectivity index (χ0) is 17.6. The van der Waals surface area contributed by atoms with Crippen molar-refractivity contribution >= 4 is 17.4 Å². The van der Waals surface area contributed by atoms with Crippen LogP contribution in [0.25, 0.3) is 0 Å². The molecule has 3 rings (SSSR count). The number of carbonyl (C=O) groups is 1. The molecule has 1 N–H and O–H groups in total. The smallest absolute Gasteiger partial charge is 0.317 e. The molecule has 1 atom stereocenters. The molecular formula is C19H26N4OS. The molecule has 0 radical (unpaired) electrons. The standard InChI is InChI=1S/C19H26N4OS/c1-15-18(25-14-21-15)13-22(2)11-17-8-9-23(12-17)19(24)20-10-16-6-4-3-5-7-16/h3-7,14,17H,8-13H2,1-2H3,(H,20,24)/t17-/m0/s1. The Morgan fingerprint density at radius 3 is 2.92 bits per heavy atom. The number of nitrogens with one attached hydrogen (secondary N) is 1. The van der Waals surface area contributed by atoms with Crippen LogP contribution < -0.4 is 5.32 Å². The van der Waals surface area contributed by atoms with E-state index >= 15 is 0 Å². The van der Waals surface area contributed by atoms with E-state index < -0.39 is 0 Å². The van der Waals surface area contributed by atoms with Gasteiger partial charge in [0.15, 0.2) is 0 Å². The number of hydrogen-bond donors (Lipinski definition) is 1. The van der Waals surface area contributed by atoms with Gasteiger partial charge in [0.2, 0.25) is 0 Å². The second-order valence-electron chi connectivity index (χ2n) is 6.80. The highest BCUT2D eigenvalue weighted by atomic mass is 32.1. The summed E-state index contributed by atoms with van der Waals surface area (Å²) in [5, 5.41) is 3.03. The maximum Gasteiger partial charge on any atom is 0.317 e. The number of urea groups is 1. The van der Waals surface area contributed by atoms with Gasteiger partial charge in [-0.2, -0.15) is 0 Å². The van der Waals surface area contributed by atoms with Crippen molar-refractivity contribution in [3.05, 3.63) is 52.0 Å². The Labute approximate surface area is 153 Å². The Hall–Kier alpha value is -1.92. The van der Waals surface area contributed by atoms with E-state index in [0.717, 1.165) is 43.9 Å². The normalized spacial score (nSPS) is 17.2. The Balaban J connectivity index is 1.41. The minimum absolute atomic E-state index is 0.0484. The molecule has 6 heteroatoms. The third-order valence-electron chi connectivity index (χ3n) is 4.69. The second-order valence-corrected chi connectivity index (χ2v) is 7.74. The average Bonchev–Trinajstić information content (AvgIpc) is 3.23. The van der Waals surface area contributed by atoms with E-state index in [2.05, 4.69) is 29.2 Å². The van der Waals surface area contributed by atoms with Crippen LogP contribution in [-0.2, 0) is 13.1 Å². The maximum absolute atomic E-state index is 12.3. The van der Waals surface area contributed by atoms with Gasteiger partial charge in [0, 0.05) is 37.6 Å². The van der Waals surface area contributed by atoms with Crippen LogP contribution in [-0.4, -0.2) is 47.5 Å². The minimum Gasteiger partial charge on any atom is -0.334 e. The highest BCUT2D eigenvalue weighted by molar-refractivity contribution is 7.09. The lowest BCUT2D eigenvalue weighted by Gasteiger charge is -2.21. The van der Waals surface area contributed by atoms with E-state index in [-0.39, 0.29) is 6.03 Å². The summed E-state index contributed by atoms with van der Waals surface area (Å²) in [5.41, 5.74) is 4.17. The summed E-state index contributed by atoms with van der Waals surface area (Å²) in [4.78, 5) is 22.3. The molecule has 25 heavy (non-hydrogen) atoms. The number of aromatic nitrogens is 1. The zero-order valence-corrected chi connectivity index (χ0v) is 15.8. The lowest BCUT2D eigenvalue weighted by atomic mass is 10.1. The number of thiazole rings is 1. The van der Waals surface area contributed by atoms with Crippen LogP contribution >= 0.6 is 11.3 Å². The van der Waals surface area contributed by atoms with E-state index in [1.807, 2.05) is 40.7 Å². The molecule has 0 saturated carbocycles. The summed E-state index contributed by atoms with van der Waals surface area (Å²) in [6.45, 7) is 6.29. The van der Waals surface area contributed by atoms with Crippen LogP contribution in [0.15, 0.2) is 35.8 Å². The molecule has 2 heterocycles. The number of nitrogens with zero attached hydrogens (tertiary/aromatic N) is 3. The third-order valence-corrected chi connectivity index (χ3v) is 5.61. The Morgan fingerprint density at radius 2 is 2.20 bits per heavy atom. The molecule has 0 bridgehead atoms. The van der Waals surface area contributed by atoms with Crippen molar-refractivity contribution in [3.63, 3.8) is 0 Å². The van der Waals surface area contributed by atoms with Crippen molar-refractivity contribution in [3.8, 4) is 0 Å². The van der Waals surface area contributed by atoms with Crippen molar-refractivity contribution in [2.45, 2.75) is 26.4 Å². The molecule has 0 spiro atoms. The fourth-order valence-electron chi connectivity index (χ4n) is 3.28. The Morgan fingerprint density at radius 1 is 1.40 bits per heavy atom. The molecule has 1 saturated heterocycles. The summed E-state index contributed by atoms with van der Waals surface area (Å²) in [6, 6.07) is 10.1. The van der Waals surface area contributed by atoms with Gasteiger partial charge in [0.25, 0.3) is 0 Å². The van der Waals surface area contributed by atoms with Gasteiger partial charge >= 0.3 is 6.03 Å². The molecule has 5 nitrogen and oxygen atoms in total. The summed E-state index contributed by atoms with van der Waals surface area (Å²) >= 11 is 1.72. The number of rotatable bonds is 6. The number of likely N-dealkylation sites (tertiary alicyclic amines) is 1. The second kappa shape index (κ2) is 8.45. The van der Waals surface area contributed by atoms with Crippen LogP contribution in [0.2, 0.25) is 0 Å². The quantitative estimate of drug-likeness (QED) is 0.863. The lowest BCUT2D eigenvalue weighted by molar-refractivity contribution is 0.203. The summed E-state index contributed by atoms with van der Waals surface area (Å²) in [6.07, 6.45) is 1.07. The number of hydrogen-bond acceptors (Lipinski definition) is 4. The molecule has 1 aliphatic heterocycles. The van der Waals surface area contributed by atoms with Gasteiger partial charge in [0.05, 0.1) is 11.2 Å². The molecule has 134 valence electrons. The Bertz CT molecular complexity index is 688. The van der Waals surface area contributed by atoms with Crippen molar-refractivity contribution in [2.75, 3.05) is 26.7 Å². The first-order valence-electron chi connectivity index (χ1n) is 8.76. The first-order chi connectivity index (χ1) is 12.1. The summed E-state index contributed by atoms with van der Waals surface area (Å²) in [7, 11) is 2.15. The number of benzene rings is 1. The minimum atomic E-state index is 0.0484. The lowest BCUT2D eigenvalue weighted by Crippen LogP contribution is -2.38. The zero-order valence-electron chi connectivity index (χ0n) is 14.9. The molecular weight excluding hydrogens is 332 g/mol. The monoisotopic (exact) mass is 358 g/mol. The van der Waals surface area contributed by atoms with Gasteiger partial charge in [-0.15, -0.1) is 11.3 Å². The van der Waals surface area contributed by atoms with Gasteiger partial charge in [-0.1, -0.05) is 30.3 Å². The summed E-state index contributed by atoms with van der Waals surface area (Å²) in [5.74, 6) is 0.542. The molecule has 1 aliphatic rings. The third kappa shape index (κ3) is 5.03. The fraction of sp³-hybridized carbons (Fsp3) is 0.474. The topological polar surface area (TPSA) is 48.5 Å². The van der Waals surface area contributed by atoms with Crippen molar-refractivity contribution in [1.29, 1.82) is 0 Å². The average molecular weight is 359 g/mol. The van der Waals surface area contributed by atoms with Crippen molar-refractivity contribution in [1.82, 2.24) is 20.1 Å². The van der Waals surface area contributed by atoms with Gasteiger partial charge in [-0.05, 0) is 31.9 Å². The number of aryl methyl sites for hydroxylation is 1. The molecule has 0 aliphatic carbocycles. The van der Waals surface area contributed by atoms with Gasteiger partial charge in [0.1, 0.15) is 0 Å². The van der Waals surface area contributed by atoms with Crippen LogP contribution in [0.3, 0.4) is 0 Å².